The van der Waals surface area contributed by atoms with Gasteiger partial charge in [-0.05, 0) is 13.0 Å². The molecule has 0 amide bonds. The van der Waals surface area contributed by atoms with Crippen molar-refractivity contribution < 1.29 is 19.5 Å². The minimum Gasteiger partial charge on any atom is -0.481 e. The molecule has 5 heteroatoms. The van der Waals surface area contributed by atoms with E-state index in [0.29, 0.717) is 10.0 Å². The van der Waals surface area contributed by atoms with Crippen molar-refractivity contribution in [3.8, 4) is 0 Å². The van der Waals surface area contributed by atoms with Crippen LogP contribution in [0.25, 0.3) is 0 Å². The molecular formula is C12H11BrO4. The molecule has 1 rings (SSSR count). The van der Waals surface area contributed by atoms with E-state index in [9.17, 15) is 14.4 Å². The summed E-state index contributed by atoms with van der Waals surface area (Å²) in [6.07, 6.45) is -0.312. The van der Waals surface area contributed by atoms with Crippen molar-refractivity contribution in [3.05, 3.63) is 34.3 Å². The second kappa shape index (κ2) is 5.72. The summed E-state index contributed by atoms with van der Waals surface area (Å²) in [5.41, 5.74) is 0.389. The van der Waals surface area contributed by atoms with Crippen molar-refractivity contribution in [1.29, 1.82) is 0 Å². The van der Waals surface area contributed by atoms with Crippen molar-refractivity contribution in [2.45, 2.75) is 13.3 Å². The molecule has 0 fully saturated rings. The van der Waals surface area contributed by atoms with Gasteiger partial charge in [-0.25, -0.2) is 0 Å². The number of benzene rings is 1. The number of aliphatic carboxylic acids is 1. The Morgan fingerprint density at radius 3 is 2.35 bits per heavy atom. The molecule has 0 aliphatic carbocycles. The lowest BCUT2D eigenvalue weighted by molar-refractivity contribution is -0.145. The molecular weight excluding hydrogens is 288 g/mol. The van der Waals surface area contributed by atoms with Gasteiger partial charge in [-0.2, -0.15) is 0 Å². The number of carbonyl (C=O) groups is 3. The van der Waals surface area contributed by atoms with Gasteiger partial charge in [0.1, 0.15) is 11.7 Å². The van der Waals surface area contributed by atoms with Crippen molar-refractivity contribution in [1.82, 2.24) is 0 Å². The van der Waals surface area contributed by atoms with Gasteiger partial charge in [-0.15, -0.1) is 0 Å². The van der Waals surface area contributed by atoms with E-state index in [1.807, 2.05) is 0 Å². The van der Waals surface area contributed by atoms with E-state index < -0.39 is 17.7 Å². The Morgan fingerprint density at radius 1 is 1.29 bits per heavy atom. The number of hydrogen-bond acceptors (Lipinski definition) is 3. The van der Waals surface area contributed by atoms with E-state index in [4.69, 9.17) is 5.11 Å². The SMILES string of the molecule is CC(=O)C(CC(=O)c1ccccc1Br)C(=O)O. The zero-order valence-corrected chi connectivity index (χ0v) is 10.7. The monoisotopic (exact) mass is 298 g/mol. The molecule has 0 aliphatic heterocycles. The summed E-state index contributed by atoms with van der Waals surface area (Å²) in [5.74, 6) is -3.41. The van der Waals surface area contributed by atoms with Crippen LogP contribution in [0.4, 0.5) is 0 Å². The van der Waals surface area contributed by atoms with Crippen LogP contribution in [0.15, 0.2) is 28.7 Å². The lowest BCUT2D eigenvalue weighted by Crippen LogP contribution is -2.24. The van der Waals surface area contributed by atoms with Crippen LogP contribution in [0.1, 0.15) is 23.7 Å². The van der Waals surface area contributed by atoms with E-state index in [0.717, 1.165) is 0 Å². The molecule has 0 heterocycles. The molecule has 0 saturated carbocycles. The number of Topliss-reactive ketones (excluding diaryl/α,β-unsaturated/α-hetero) is 2. The third-order valence-corrected chi connectivity index (χ3v) is 3.04. The van der Waals surface area contributed by atoms with E-state index in [2.05, 4.69) is 15.9 Å². The first-order valence-corrected chi connectivity index (χ1v) is 5.73. The molecule has 1 unspecified atom stereocenters. The molecule has 1 N–H and O–H groups in total. The smallest absolute Gasteiger partial charge is 0.314 e. The second-order valence-corrected chi connectivity index (χ2v) is 4.46. The van der Waals surface area contributed by atoms with Crippen molar-refractivity contribution in [2.24, 2.45) is 5.92 Å². The topological polar surface area (TPSA) is 71.4 Å². The Hall–Kier alpha value is -1.49. The standard InChI is InChI=1S/C12H11BrO4/c1-7(14)9(12(16)17)6-11(15)8-4-2-3-5-10(8)13/h2-5,9H,6H2,1H3,(H,16,17). The molecule has 1 aromatic carbocycles. The summed E-state index contributed by atoms with van der Waals surface area (Å²) in [6.45, 7) is 1.17. The van der Waals surface area contributed by atoms with Gasteiger partial charge in [-0.1, -0.05) is 34.1 Å². The molecule has 0 bridgehead atoms. The van der Waals surface area contributed by atoms with Gasteiger partial charge in [0.05, 0.1) is 0 Å². The average Bonchev–Trinajstić information content (AvgIpc) is 2.25. The van der Waals surface area contributed by atoms with Gasteiger partial charge in [0, 0.05) is 16.5 Å². The number of carbonyl (C=O) groups excluding carboxylic acids is 2. The molecule has 4 nitrogen and oxygen atoms in total. The van der Waals surface area contributed by atoms with Crippen LogP contribution in [-0.2, 0) is 9.59 Å². The number of carboxylic acids is 1. The van der Waals surface area contributed by atoms with Gasteiger partial charge < -0.3 is 5.11 Å². The van der Waals surface area contributed by atoms with Crippen LogP contribution >= 0.6 is 15.9 Å². The van der Waals surface area contributed by atoms with E-state index in [-0.39, 0.29) is 12.2 Å². The first-order valence-electron chi connectivity index (χ1n) is 4.94. The summed E-state index contributed by atoms with van der Waals surface area (Å²) in [7, 11) is 0. The predicted octanol–water partition coefficient (Wildman–Crippen LogP) is 2.31. The fourth-order valence-corrected chi connectivity index (χ4v) is 1.89. The zero-order chi connectivity index (χ0) is 13.0. The first kappa shape index (κ1) is 13.6. The van der Waals surface area contributed by atoms with Crippen LogP contribution in [0.2, 0.25) is 0 Å². The molecule has 0 spiro atoms. The Morgan fingerprint density at radius 2 is 1.88 bits per heavy atom. The van der Waals surface area contributed by atoms with Crippen LogP contribution in [0.5, 0.6) is 0 Å². The Kier molecular flexibility index (Phi) is 4.57. The molecule has 0 saturated heterocycles. The number of hydrogen-bond donors (Lipinski definition) is 1. The highest BCUT2D eigenvalue weighted by Gasteiger charge is 2.26. The molecule has 0 aromatic heterocycles. The molecule has 90 valence electrons. The van der Waals surface area contributed by atoms with E-state index >= 15 is 0 Å². The van der Waals surface area contributed by atoms with Crippen LogP contribution in [0.3, 0.4) is 0 Å². The summed E-state index contributed by atoms with van der Waals surface area (Å²) in [4.78, 5) is 33.7. The summed E-state index contributed by atoms with van der Waals surface area (Å²) < 4.78 is 0.595. The second-order valence-electron chi connectivity index (χ2n) is 3.61. The van der Waals surface area contributed by atoms with Crippen molar-refractivity contribution in [3.63, 3.8) is 0 Å². The predicted molar refractivity (Wildman–Crippen MR) is 64.9 cm³/mol. The largest absolute Gasteiger partial charge is 0.481 e. The Bertz CT molecular complexity index is 453. The normalized spacial score (nSPS) is 11.9. The first-order chi connectivity index (χ1) is 7.93. The highest BCUT2D eigenvalue weighted by atomic mass is 79.9. The Labute approximate surface area is 107 Å². The van der Waals surface area contributed by atoms with Gasteiger partial charge in [0.2, 0.25) is 0 Å². The van der Waals surface area contributed by atoms with Gasteiger partial charge in [0.25, 0.3) is 0 Å². The maximum absolute atomic E-state index is 11.8. The maximum Gasteiger partial charge on any atom is 0.314 e. The van der Waals surface area contributed by atoms with E-state index in [1.165, 1.54) is 6.92 Å². The van der Waals surface area contributed by atoms with Crippen LogP contribution in [-0.4, -0.2) is 22.6 Å². The fraction of sp³-hybridized carbons (Fsp3) is 0.250. The van der Waals surface area contributed by atoms with Gasteiger partial charge in [-0.3, -0.25) is 14.4 Å². The molecule has 0 radical (unpaired) electrons. The third-order valence-electron chi connectivity index (χ3n) is 2.35. The van der Waals surface area contributed by atoms with Crippen molar-refractivity contribution in [2.75, 3.05) is 0 Å². The minimum absolute atomic E-state index is 0.312. The summed E-state index contributed by atoms with van der Waals surface area (Å²) in [6, 6.07) is 6.71. The quantitative estimate of drug-likeness (QED) is 0.669. The number of halogens is 1. The molecule has 0 aliphatic rings. The highest BCUT2D eigenvalue weighted by Crippen LogP contribution is 2.20. The summed E-state index contributed by atoms with van der Waals surface area (Å²) >= 11 is 3.21. The van der Waals surface area contributed by atoms with Gasteiger partial charge in [0.15, 0.2) is 5.78 Å². The number of ketones is 2. The van der Waals surface area contributed by atoms with Crippen molar-refractivity contribution >= 4 is 33.5 Å². The number of carboxylic acid groups (broad SMARTS) is 1. The minimum atomic E-state index is -1.27. The van der Waals surface area contributed by atoms with Crippen LogP contribution < -0.4 is 0 Å². The molecule has 1 aromatic rings. The average molecular weight is 299 g/mol. The zero-order valence-electron chi connectivity index (χ0n) is 9.14. The molecule has 17 heavy (non-hydrogen) atoms. The highest BCUT2D eigenvalue weighted by molar-refractivity contribution is 9.10. The lowest BCUT2D eigenvalue weighted by Gasteiger charge is -2.08. The van der Waals surface area contributed by atoms with E-state index in [1.54, 1.807) is 24.3 Å². The number of rotatable bonds is 5. The maximum atomic E-state index is 11.8. The van der Waals surface area contributed by atoms with Crippen LogP contribution in [0, 0.1) is 5.92 Å². The lowest BCUT2D eigenvalue weighted by atomic mass is 9.95. The molecule has 1 atom stereocenters. The summed E-state index contributed by atoms with van der Waals surface area (Å²) in [5, 5.41) is 8.82. The fourth-order valence-electron chi connectivity index (χ4n) is 1.39. The Balaban J connectivity index is 2.89. The van der Waals surface area contributed by atoms with Gasteiger partial charge >= 0.3 is 5.97 Å². The third kappa shape index (κ3) is 3.49.